The number of aromatic nitrogens is 2. The van der Waals surface area contributed by atoms with Gasteiger partial charge in [-0.1, -0.05) is 29.8 Å². The molecule has 0 N–H and O–H groups in total. The molecular weight excluding hydrogens is 550 g/mol. The first-order valence-electron chi connectivity index (χ1n) is 14.9. The van der Waals surface area contributed by atoms with Crippen LogP contribution in [0, 0.1) is 20.8 Å². The third-order valence-corrected chi connectivity index (χ3v) is 8.93. The number of likely N-dealkylation sites (tertiary alicyclic amines) is 1. The Morgan fingerprint density at radius 2 is 1.50 bits per heavy atom. The predicted octanol–water partition coefficient (Wildman–Crippen LogP) is 6.53. The molecule has 9 heteroatoms. The van der Waals surface area contributed by atoms with Crippen molar-refractivity contribution < 1.29 is 14.3 Å². The molecule has 0 bridgehead atoms. The van der Waals surface area contributed by atoms with E-state index in [0.29, 0.717) is 49.6 Å². The van der Waals surface area contributed by atoms with E-state index in [4.69, 9.17) is 21.4 Å². The van der Waals surface area contributed by atoms with E-state index in [2.05, 4.69) is 36.9 Å². The number of hydrogen-bond donors (Lipinski definition) is 0. The summed E-state index contributed by atoms with van der Waals surface area (Å²) < 4.78 is 7.51. The molecule has 3 heterocycles. The van der Waals surface area contributed by atoms with Crippen LogP contribution in [0.15, 0.2) is 42.6 Å². The number of carbonyl (C=O) groups excluding carboxylic acids is 2. The normalized spacial score (nSPS) is 16.6. The van der Waals surface area contributed by atoms with Gasteiger partial charge in [-0.2, -0.15) is 5.10 Å². The first kappa shape index (κ1) is 30.0. The Morgan fingerprint density at radius 3 is 2.17 bits per heavy atom. The van der Waals surface area contributed by atoms with E-state index >= 15 is 0 Å². The van der Waals surface area contributed by atoms with Crippen molar-refractivity contribution in [3.8, 4) is 5.69 Å². The van der Waals surface area contributed by atoms with Crippen molar-refractivity contribution >= 4 is 29.3 Å². The molecule has 0 spiro atoms. The summed E-state index contributed by atoms with van der Waals surface area (Å²) in [6.45, 7) is 15.9. The van der Waals surface area contributed by atoms with Crippen molar-refractivity contribution in [1.29, 1.82) is 0 Å². The number of rotatable bonds is 4. The Hall–Kier alpha value is -3.52. The number of hydrogen-bond acceptors (Lipinski definition) is 5. The van der Waals surface area contributed by atoms with Gasteiger partial charge in [0.25, 0.3) is 5.91 Å². The molecule has 0 aliphatic carbocycles. The maximum absolute atomic E-state index is 14.1. The molecule has 0 atom stereocenters. The highest BCUT2D eigenvalue weighted by molar-refractivity contribution is 6.31. The van der Waals surface area contributed by atoms with Crippen LogP contribution in [0.5, 0.6) is 0 Å². The molecule has 1 aromatic heterocycles. The minimum atomic E-state index is -0.543. The van der Waals surface area contributed by atoms with E-state index in [0.717, 1.165) is 30.0 Å². The van der Waals surface area contributed by atoms with Crippen LogP contribution in [0.25, 0.3) is 5.69 Å². The van der Waals surface area contributed by atoms with Gasteiger partial charge >= 0.3 is 6.09 Å². The monoisotopic (exact) mass is 591 g/mol. The van der Waals surface area contributed by atoms with Crippen molar-refractivity contribution in [2.45, 2.75) is 65.9 Å². The Labute approximate surface area is 254 Å². The van der Waals surface area contributed by atoms with E-state index in [1.54, 1.807) is 11.1 Å². The molecule has 8 nitrogen and oxygen atoms in total. The average Bonchev–Trinajstić information content (AvgIpc) is 3.40. The number of halogens is 1. The topological polar surface area (TPSA) is 70.9 Å². The van der Waals surface area contributed by atoms with E-state index in [1.807, 2.05) is 55.5 Å². The molecule has 224 valence electrons. The minimum Gasteiger partial charge on any atom is -0.444 e. The van der Waals surface area contributed by atoms with Gasteiger partial charge in [-0.25, -0.2) is 9.48 Å². The molecular formula is C33H42ClN5O3. The number of amides is 2. The fraction of sp³-hybridized carbons (Fsp3) is 0.485. The lowest BCUT2D eigenvalue weighted by Gasteiger charge is -2.37. The highest BCUT2D eigenvalue weighted by atomic mass is 35.5. The second-order valence-electron chi connectivity index (χ2n) is 12.5. The first-order valence-corrected chi connectivity index (χ1v) is 15.2. The molecule has 2 amide bonds. The number of nitrogens with zero attached hydrogens (tertiary/aromatic N) is 5. The molecule has 5 rings (SSSR count). The molecule has 2 aromatic carbocycles. The Bertz CT molecular complexity index is 1460. The molecule has 42 heavy (non-hydrogen) atoms. The van der Waals surface area contributed by atoms with E-state index in [-0.39, 0.29) is 17.9 Å². The molecule has 3 aromatic rings. The summed E-state index contributed by atoms with van der Waals surface area (Å²) in [5.74, 6) is 0.0610. The third kappa shape index (κ3) is 6.14. The van der Waals surface area contributed by atoms with E-state index in [1.165, 1.54) is 16.8 Å². The van der Waals surface area contributed by atoms with Gasteiger partial charge in [0.05, 0.1) is 23.1 Å². The predicted molar refractivity (Wildman–Crippen MR) is 167 cm³/mol. The fourth-order valence-electron chi connectivity index (χ4n) is 5.99. The molecule has 2 saturated heterocycles. The van der Waals surface area contributed by atoms with Gasteiger partial charge in [-0.3, -0.25) is 4.79 Å². The summed E-state index contributed by atoms with van der Waals surface area (Å²) >= 11 is 6.51. The maximum Gasteiger partial charge on any atom is 0.410 e. The number of carbonyl (C=O) groups is 2. The number of aryl methyl sites for hydroxylation is 1. The summed E-state index contributed by atoms with van der Waals surface area (Å²) in [4.78, 5) is 32.9. The highest BCUT2D eigenvalue weighted by Gasteiger charge is 2.34. The standard InChI is InChI=1S/C33H42ClN5O3/c1-22-9-7-11-28(23(22)2)36-17-19-37(20-18-36)31(40)26-21-35-39(29-12-8-10-27(34)24(29)3)30(26)25-13-15-38(16-14-25)32(41)42-33(4,5)6/h7-12,21,25H,13-20H2,1-6H3. The smallest absolute Gasteiger partial charge is 0.410 e. The van der Waals surface area contributed by atoms with E-state index < -0.39 is 5.60 Å². The van der Waals surface area contributed by atoms with Gasteiger partial charge in [-0.05, 0) is 89.3 Å². The zero-order chi connectivity index (χ0) is 30.2. The quantitative estimate of drug-likeness (QED) is 0.345. The lowest BCUT2D eigenvalue weighted by Crippen LogP contribution is -2.49. The van der Waals surface area contributed by atoms with Crippen molar-refractivity contribution in [2.75, 3.05) is 44.2 Å². The Kier molecular flexibility index (Phi) is 8.56. The van der Waals surface area contributed by atoms with Crippen LogP contribution in [0.4, 0.5) is 10.5 Å². The van der Waals surface area contributed by atoms with Crippen molar-refractivity contribution in [3.63, 3.8) is 0 Å². The number of piperidine rings is 1. The SMILES string of the molecule is Cc1cccc(N2CCN(C(=O)c3cnn(-c4cccc(Cl)c4C)c3C3CCN(C(=O)OC(C)(C)C)CC3)CC2)c1C. The molecule has 2 aliphatic rings. The van der Waals surface area contributed by atoms with Gasteiger partial charge < -0.3 is 19.4 Å². The largest absolute Gasteiger partial charge is 0.444 e. The van der Waals surface area contributed by atoms with Crippen LogP contribution in [0.2, 0.25) is 5.02 Å². The Morgan fingerprint density at radius 1 is 0.857 bits per heavy atom. The summed E-state index contributed by atoms with van der Waals surface area (Å²) in [5, 5.41) is 5.42. The molecule has 0 unspecified atom stereocenters. The lowest BCUT2D eigenvalue weighted by atomic mass is 9.90. The van der Waals surface area contributed by atoms with Crippen molar-refractivity contribution in [2.24, 2.45) is 0 Å². The number of anilines is 1. The first-order chi connectivity index (χ1) is 19.9. The van der Waals surface area contributed by atoms with Gasteiger partial charge in [0.2, 0.25) is 0 Å². The third-order valence-electron chi connectivity index (χ3n) is 8.52. The zero-order valence-corrected chi connectivity index (χ0v) is 26.4. The fourth-order valence-corrected chi connectivity index (χ4v) is 6.16. The molecule has 0 radical (unpaired) electrons. The van der Waals surface area contributed by atoms with Crippen LogP contribution in [-0.2, 0) is 4.74 Å². The summed E-state index contributed by atoms with van der Waals surface area (Å²) in [5.41, 5.74) is 6.56. The van der Waals surface area contributed by atoms with Crippen LogP contribution in [0.3, 0.4) is 0 Å². The average molecular weight is 592 g/mol. The van der Waals surface area contributed by atoms with Gasteiger partial charge in [0, 0.05) is 55.9 Å². The van der Waals surface area contributed by atoms with E-state index in [9.17, 15) is 9.59 Å². The second kappa shape index (κ2) is 12.0. The van der Waals surface area contributed by atoms with Gasteiger partial charge in [-0.15, -0.1) is 0 Å². The van der Waals surface area contributed by atoms with Crippen LogP contribution >= 0.6 is 11.6 Å². The van der Waals surface area contributed by atoms with Crippen LogP contribution in [-0.4, -0.2) is 76.5 Å². The molecule has 2 aliphatic heterocycles. The molecule has 2 fully saturated rings. The van der Waals surface area contributed by atoms with Gasteiger partial charge in [0.1, 0.15) is 5.60 Å². The maximum atomic E-state index is 14.1. The van der Waals surface area contributed by atoms with Crippen molar-refractivity contribution in [1.82, 2.24) is 19.6 Å². The number of piperazine rings is 1. The lowest BCUT2D eigenvalue weighted by molar-refractivity contribution is 0.0203. The van der Waals surface area contributed by atoms with Crippen molar-refractivity contribution in [3.05, 3.63) is 75.6 Å². The van der Waals surface area contributed by atoms with Gasteiger partial charge in [0.15, 0.2) is 0 Å². The summed E-state index contributed by atoms with van der Waals surface area (Å²) in [6, 6.07) is 12.2. The summed E-state index contributed by atoms with van der Waals surface area (Å²) in [7, 11) is 0. The molecule has 0 saturated carbocycles. The highest BCUT2D eigenvalue weighted by Crippen LogP contribution is 2.35. The number of ether oxygens (including phenoxy) is 1. The van der Waals surface area contributed by atoms with Crippen LogP contribution < -0.4 is 4.90 Å². The Balaban J connectivity index is 1.39. The zero-order valence-electron chi connectivity index (χ0n) is 25.6. The van der Waals surface area contributed by atoms with Crippen LogP contribution in [0.1, 0.15) is 72.3 Å². The second-order valence-corrected chi connectivity index (χ2v) is 12.9. The minimum absolute atomic E-state index is 0.00566. The summed E-state index contributed by atoms with van der Waals surface area (Å²) in [6.07, 6.45) is 2.85. The number of benzene rings is 2.